The molecule has 1 aromatic heterocycles. The van der Waals surface area contributed by atoms with Crippen molar-refractivity contribution in [2.24, 2.45) is 5.73 Å². The standard InChI is InChI=1S/C9H13N3O/c1-7-2-3-8(12-11-7)9(10)4-5-13-6-9/h2-3H,4-6,10H2,1H3. The van der Waals surface area contributed by atoms with Crippen LogP contribution in [-0.2, 0) is 10.3 Å². The van der Waals surface area contributed by atoms with E-state index in [4.69, 9.17) is 10.5 Å². The Hall–Kier alpha value is -1.00. The van der Waals surface area contributed by atoms with Crippen molar-refractivity contribution in [2.75, 3.05) is 13.2 Å². The van der Waals surface area contributed by atoms with Crippen molar-refractivity contribution in [3.63, 3.8) is 0 Å². The first-order valence-corrected chi connectivity index (χ1v) is 4.38. The minimum Gasteiger partial charge on any atom is -0.379 e. The highest BCUT2D eigenvalue weighted by molar-refractivity contribution is 5.16. The molecule has 1 fully saturated rings. The number of aromatic nitrogens is 2. The van der Waals surface area contributed by atoms with Crippen molar-refractivity contribution in [3.05, 3.63) is 23.5 Å². The molecule has 0 bridgehead atoms. The summed E-state index contributed by atoms with van der Waals surface area (Å²) in [5, 5.41) is 8.06. The monoisotopic (exact) mass is 179 g/mol. The highest BCUT2D eigenvalue weighted by Gasteiger charge is 2.33. The number of ether oxygens (including phenoxy) is 1. The van der Waals surface area contributed by atoms with Crippen molar-refractivity contribution in [1.82, 2.24) is 10.2 Å². The SMILES string of the molecule is Cc1ccc(C2(N)CCOC2)nn1. The zero-order chi connectivity index (χ0) is 9.31. The topological polar surface area (TPSA) is 61.0 Å². The molecule has 0 aromatic carbocycles. The first-order valence-electron chi connectivity index (χ1n) is 4.38. The highest BCUT2D eigenvalue weighted by Crippen LogP contribution is 2.25. The highest BCUT2D eigenvalue weighted by atomic mass is 16.5. The van der Waals surface area contributed by atoms with Gasteiger partial charge >= 0.3 is 0 Å². The lowest BCUT2D eigenvalue weighted by molar-refractivity contribution is 0.177. The second-order valence-electron chi connectivity index (χ2n) is 3.52. The number of hydrogen-bond donors (Lipinski definition) is 1. The summed E-state index contributed by atoms with van der Waals surface area (Å²) in [6.07, 6.45) is 0.824. The number of rotatable bonds is 1. The molecule has 1 saturated heterocycles. The third-order valence-electron chi connectivity index (χ3n) is 2.36. The van der Waals surface area contributed by atoms with E-state index in [1.807, 2.05) is 19.1 Å². The molecule has 1 aromatic rings. The van der Waals surface area contributed by atoms with E-state index in [2.05, 4.69) is 10.2 Å². The Morgan fingerprint density at radius 1 is 1.46 bits per heavy atom. The molecule has 0 saturated carbocycles. The molecule has 0 aliphatic carbocycles. The molecule has 0 spiro atoms. The molecular weight excluding hydrogens is 166 g/mol. The van der Waals surface area contributed by atoms with Gasteiger partial charge in [0.15, 0.2) is 0 Å². The fraction of sp³-hybridized carbons (Fsp3) is 0.556. The Bertz CT molecular complexity index is 290. The van der Waals surface area contributed by atoms with Crippen molar-refractivity contribution in [1.29, 1.82) is 0 Å². The van der Waals surface area contributed by atoms with E-state index in [0.717, 1.165) is 17.8 Å². The summed E-state index contributed by atoms with van der Waals surface area (Å²) in [6, 6.07) is 3.85. The van der Waals surface area contributed by atoms with Crippen molar-refractivity contribution < 1.29 is 4.74 Å². The molecule has 0 amide bonds. The quantitative estimate of drug-likeness (QED) is 0.676. The van der Waals surface area contributed by atoms with Crippen LogP contribution in [0.4, 0.5) is 0 Å². The Labute approximate surface area is 77.1 Å². The summed E-state index contributed by atoms with van der Waals surface area (Å²) < 4.78 is 5.25. The normalized spacial score (nSPS) is 27.8. The van der Waals surface area contributed by atoms with Crippen LogP contribution >= 0.6 is 0 Å². The van der Waals surface area contributed by atoms with Gasteiger partial charge in [0.05, 0.1) is 23.5 Å². The van der Waals surface area contributed by atoms with Crippen LogP contribution in [0.25, 0.3) is 0 Å². The maximum atomic E-state index is 6.10. The van der Waals surface area contributed by atoms with Crippen molar-refractivity contribution >= 4 is 0 Å². The van der Waals surface area contributed by atoms with Crippen LogP contribution in [0.3, 0.4) is 0 Å². The molecule has 2 rings (SSSR count). The largest absolute Gasteiger partial charge is 0.379 e. The molecule has 1 aliphatic heterocycles. The van der Waals surface area contributed by atoms with Gasteiger partial charge in [-0.3, -0.25) is 0 Å². The van der Waals surface area contributed by atoms with Gasteiger partial charge in [-0.1, -0.05) is 0 Å². The Balaban J connectivity index is 2.29. The average molecular weight is 179 g/mol. The summed E-state index contributed by atoms with van der Waals surface area (Å²) in [7, 11) is 0. The molecule has 0 radical (unpaired) electrons. The molecule has 4 nitrogen and oxygen atoms in total. The fourth-order valence-electron chi connectivity index (χ4n) is 1.45. The third-order valence-corrected chi connectivity index (χ3v) is 2.36. The predicted molar refractivity (Wildman–Crippen MR) is 48.1 cm³/mol. The van der Waals surface area contributed by atoms with Crippen LogP contribution in [0.2, 0.25) is 0 Å². The summed E-state index contributed by atoms with van der Waals surface area (Å²) >= 11 is 0. The van der Waals surface area contributed by atoms with Crippen LogP contribution < -0.4 is 5.73 Å². The minimum absolute atomic E-state index is 0.416. The van der Waals surface area contributed by atoms with Crippen molar-refractivity contribution in [2.45, 2.75) is 18.9 Å². The van der Waals surface area contributed by atoms with Gasteiger partial charge in [-0.15, -0.1) is 0 Å². The predicted octanol–water partition coefficient (Wildman–Crippen LogP) is 0.359. The smallest absolute Gasteiger partial charge is 0.0861 e. The average Bonchev–Trinajstić information content (AvgIpc) is 2.54. The fourth-order valence-corrected chi connectivity index (χ4v) is 1.45. The third kappa shape index (κ3) is 1.55. The van der Waals surface area contributed by atoms with Gasteiger partial charge in [0, 0.05) is 6.61 Å². The summed E-state index contributed by atoms with van der Waals surface area (Å²) in [5.41, 5.74) is 7.42. The molecule has 2 heterocycles. The first kappa shape index (κ1) is 8.59. The number of nitrogens with zero attached hydrogens (tertiary/aromatic N) is 2. The van der Waals surface area contributed by atoms with Gasteiger partial charge in [-0.2, -0.15) is 10.2 Å². The molecule has 70 valence electrons. The number of hydrogen-bond acceptors (Lipinski definition) is 4. The maximum Gasteiger partial charge on any atom is 0.0861 e. The molecule has 13 heavy (non-hydrogen) atoms. The minimum atomic E-state index is -0.416. The zero-order valence-corrected chi connectivity index (χ0v) is 7.66. The van der Waals surface area contributed by atoms with E-state index in [0.29, 0.717) is 13.2 Å². The van der Waals surface area contributed by atoms with E-state index >= 15 is 0 Å². The number of aryl methyl sites for hydroxylation is 1. The summed E-state index contributed by atoms with van der Waals surface area (Å²) in [4.78, 5) is 0. The van der Waals surface area contributed by atoms with Gasteiger partial charge in [0.25, 0.3) is 0 Å². The van der Waals surface area contributed by atoms with Gasteiger partial charge in [-0.25, -0.2) is 0 Å². The van der Waals surface area contributed by atoms with E-state index in [-0.39, 0.29) is 0 Å². The second-order valence-corrected chi connectivity index (χ2v) is 3.52. The van der Waals surface area contributed by atoms with Crippen LogP contribution in [0, 0.1) is 6.92 Å². The van der Waals surface area contributed by atoms with Crippen LogP contribution in [0.5, 0.6) is 0 Å². The molecule has 1 unspecified atom stereocenters. The molecule has 1 atom stereocenters. The number of nitrogens with two attached hydrogens (primary N) is 1. The molecule has 2 N–H and O–H groups in total. The van der Waals surface area contributed by atoms with Gasteiger partial charge in [0.1, 0.15) is 0 Å². The maximum absolute atomic E-state index is 6.10. The van der Waals surface area contributed by atoms with E-state index in [1.165, 1.54) is 0 Å². The molecular formula is C9H13N3O. The van der Waals surface area contributed by atoms with Crippen LogP contribution in [0.15, 0.2) is 12.1 Å². The second kappa shape index (κ2) is 3.05. The summed E-state index contributed by atoms with van der Waals surface area (Å²) in [6.45, 7) is 3.17. The first-order chi connectivity index (χ1) is 6.21. The van der Waals surface area contributed by atoms with Crippen LogP contribution in [-0.4, -0.2) is 23.4 Å². The Morgan fingerprint density at radius 3 is 2.85 bits per heavy atom. The van der Waals surface area contributed by atoms with E-state index in [1.54, 1.807) is 0 Å². The van der Waals surface area contributed by atoms with Crippen molar-refractivity contribution in [3.8, 4) is 0 Å². The van der Waals surface area contributed by atoms with Gasteiger partial charge < -0.3 is 10.5 Å². The lowest BCUT2D eigenvalue weighted by Gasteiger charge is -2.19. The Kier molecular flexibility index (Phi) is 2.01. The lowest BCUT2D eigenvalue weighted by atomic mass is 9.95. The van der Waals surface area contributed by atoms with Gasteiger partial charge in [-0.05, 0) is 25.5 Å². The van der Waals surface area contributed by atoms with E-state index in [9.17, 15) is 0 Å². The van der Waals surface area contributed by atoms with Crippen LogP contribution in [0.1, 0.15) is 17.8 Å². The van der Waals surface area contributed by atoms with Gasteiger partial charge in [0.2, 0.25) is 0 Å². The Morgan fingerprint density at radius 2 is 2.31 bits per heavy atom. The molecule has 4 heteroatoms. The molecule has 1 aliphatic rings. The lowest BCUT2D eigenvalue weighted by Crippen LogP contribution is -2.38. The zero-order valence-electron chi connectivity index (χ0n) is 7.66. The summed E-state index contributed by atoms with van der Waals surface area (Å²) in [5.74, 6) is 0. The van der Waals surface area contributed by atoms with E-state index < -0.39 is 5.54 Å².